The lowest BCUT2D eigenvalue weighted by Gasteiger charge is -2.21. The van der Waals surface area contributed by atoms with Crippen molar-refractivity contribution in [2.24, 2.45) is 5.73 Å². The standard InChI is InChI=1S/C18H29NO6/c1-13(19)10-24-16(9-20)12-23-14(2)11-25-17(18(21)22)8-15-6-4-3-5-7-15/h3-7,13-14,16-17,20H,8-12,19H2,1-2H3,(H,21,22)/t13-,14-,16?,17?/m0/s1. The number of carboxylic acids is 1. The van der Waals surface area contributed by atoms with Crippen LogP contribution in [0.1, 0.15) is 19.4 Å². The van der Waals surface area contributed by atoms with Crippen LogP contribution in [-0.4, -0.2) is 67.0 Å². The molecule has 0 bridgehead atoms. The number of hydrogen-bond donors (Lipinski definition) is 3. The Morgan fingerprint density at radius 3 is 2.32 bits per heavy atom. The van der Waals surface area contributed by atoms with Crippen LogP contribution < -0.4 is 5.73 Å². The van der Waals surface area contributed by atoms with E-state index in [0.29, 0.717) is 13.0 Å². The summed E-state index contributed by atoms with van der Waals surface area (Å²) in [4.78, 5) is 11.3. The van der Waals surface area contributed by atoms with E-state index in [1.54, 1.807) is 6.92 Å². The molecule has 1 aromatic rings. The third kappa shape index (κ3) is 9.52. The van der Waals surface area contributed by atoms with E-state index < -0.39 is 18.2 Å². The monoisotopic (exact) mass is 355 g/mol. The van der Waals surface area contributed by atoms with Crippen molar-refractivity contribution in [2.75, 3.05) is 26.4 Å². The highest BCUT2D eigenvalue weighted by atomic mass is 16.6. The summed E-state index contributed by atoms with van der Waals surface area (Å²) in [5.41, 5.74) is 6.50. The van der Waals surface area contributed by atoms with Crippen LogP contribution >= 0.6 is 0 Å². The van der Waals surface area contributed by atoms with E-state index in [4.69, 9.17) is 19.9 Å². The molecule has 25 heavy (non-hydrogen) atoms. The summed E-state index contributed by atoms with van der Waals surface area (Å²) in [7, 11) is 0. The number of hydrogen-bond acceptors (Lipinski definition) is 6. The predicted molar refractivity (Wildman–Crippen MR) is 93.4 cm³/mol. The Labute approximate surface area is 148 Å². The molecule has 0 saturated heterocycles. The van der Waals surface area contributed by atoms with Gasteiger partial charge in [0, 0.05) is 12.5 Å². The largest absolute Gasteiger partial charge is 0.479 e. The Hall–Kier alpha value is -1.51. The van der Waals surface area contributed by atoms with E-state index in [1.807, 2.05) is 37.3 Å². The quantitative estimate of drug-likeness (QED) is 0.480. The fourth-order valence-corrected chi connectivity index (χ4v) is 2.06. The van der Waals surface area contributed by atoms with Gasteiger partial charge in [-0.25, -0.2) is 4.79 Å². The number of nitrogens with two attached hydrogens (primary N) is 1. The molecule has 0 radical (unpaired) electrons. The maximum atomic E-state index is 11.3. The van der Waals surface area contributed by atoms with Crippen LogP contribution in [0.5, 0.6) is 0 Å². The van der Waals surface area contributed by atoms with Crippen molar-refractivity contribution in [2.45, 2.75) is 44.6 Å². The van der Waals surface area contributed by atoms with E-state index in [1.165, 1.54) is 0 Å². The first-order valence-electron chi connectivity index (χ1n) is 8.40. The van der Waals surface area contributed by atoms with Gasteiger partial charge in [-0.1, -0.05) is 30.3 Å². The molecule has 4 N–H and O–H groups in total. The third-order valence-electron chi connectivity index (χ3n) is 3.44. The Bertz CT molecular complexity index is 482. The molecule has 0 spiro atoms. The zero-order valence-corrected chi connectivity index (χ0v) is 14.8. The summed E-state index contributed by atoms with van der Waals surface area (Å²) >= 11 is 0. The highest BCUT2D eigenvalue weighted by Crippen LogP contribution is 2.08. The number of aliphatic hydroxyl groups excluding tert-OH is 1. The lowest BCUT2D eigenvalue weighted by atomic mass is 10.1. The number of rotatable bonds is 13. The minimum absolute atomic E-state index is 0.121. The molecular formula is C18H29NO6. The third-order valence-corrected chi connectivity index (χ3v) is 3.44. The maximum Gasteiger partial charge on any atom is 0.333 e. The summed E-state index contributed by atoms with van der Waals surface area (Å²) in [5.74, 6) is -1.01. The van der Waals surface area contributed by atoms with Gasteiger partial charge in [0.05, 0.1) is 32.5 Å². The van der Waals surface area contributed by atoms with Crippen LogP contribution in [-0.2, 0) is 25.4 Å². The summed E-state index contributed by atoms with van der Waals surface area (Å²) in [6, 6.07) is 9.20. The number of aliphatic hydroxyl groups is 1. The van der Waals surface area contributed by atoms with Crippen molar-refractivity contribution in [3.63, 3.8) is 0 Å². The second kappa shape index (κ2) is 11.9. The van der Waals surface area contributed by atoms with Gasteiger partial charge in [-0.2, -0.15) is 0 Å². The molecule has 7 heteroatoms. The van der Waals surface area contributed by atoms with Crippen LogP contribution in [0.4, 0.5) is 0 Å². The van der Waals surface area contributed by atoms with Gasteiger partial charge < -0.3 is 30.2 Å². The molecule has 0 aromatic heterocycles. The molecule has 142 valence electrons. The van der Waals surface area contributed by atoms with Gasteiger partial charge in [-0.3, -0.25) is 0 Å². The highest BCUT2D eigenvalue weighted by Gasteiger charge is 2.20. The molecule has 0 fully saturated rings. The number of carbonyl (C=O) groups is 1. The molecule has 0 saturated carbocycles. The van der Waals surface area contributed by atoms with Crippen molar-refractivity contribution in [3.05, 3.63) is 35.9 Å². The smallest absolute Gasteiger partial charge is 0.333 e. The first kappa shape index (κ1) is 21.5. The van der Waals surface area contributed by atoms with Crippen LogP contribution in [0, 0.1) is 0 Å². The first-order chi connectivity index (χ1) is 11.9. The van der Waals surface area contributed by atoms with Crippen LogP contribution in [0.2, 0.25) is 0 Å². The molecule has 0 aliphatic heterocycles. The minimum atomic E-state index is -1.01. The average Bonchev–Trinajstić information content (AvgIpc) is 2.59. The summed E-state index contributed by atoms with van der Waals surface area (Å²) in [6.45, 7) is 4.06. The maximum absolute atomic E-state index is 11.3. The van der Waals surface area contributed by atoms with Gasteiger partial charge >= 0.3 is 5.97 Å². The van der Waals surface area contributed by atoms with Crippen LogP contribution in [0.25, 0.3) is 0 Å². The Morgan fingerprint density at radius 2 is 1.76 bits per heavy atom. The number of aliphatic carboxylic acids is 1. The minimum Gasteiger partial charge on any atom is -0.479 e. The second-order valence-corrected chi connectivity index (χ2v) is 6.11. The fraction of sp³-hybridized carbons (Fsp3) is 0.611. The average molecular weight is 355 g/mol. The van der Waals surface area contributed by atoms with Gasteiger partial charge in [-0.15, -0.1) is 0 Å². The molecular weight excluding hydrogens is 326 g/mol. The van der Waals surface area contributed by atoms with Crippen LogP contribution in [0.3, 0.4) is 0 Å². The summed E-state index contributed by atoms with van der Waals surface area (Å²) in [6.07, 6.45) is -1.44. The second-order valence-electron chi connectivity index (χ2n) is 6.11. The Morgan fingerprint density at radius 1 is 1.08 bits per heavy atom. The fourth-order valence-electron chi connectivity index (χ4n) is 2.06. The van der Waals surface area contributed by atoms with E-state index >= 15 is 0 Å². The molecule has 1 aromatic carbocycles. The molecule has 2 unspecified atom stereocenters. The Balaban J connectivity index is 2.36. The van der Waals surface area contributed by atoms with Crippen molar-refractivity contribution < 1.29 is 29.2 Å². The van der Waals surface area contributed by atoms with Crippen molar-refractivity contribution >= 4 is 5.97 Å². The van der Waals surface area contributed by atoms with Gasteiger partial charge in [0.1, 0.15) is 6.10 Å². The number of ether oxygens (including phenoxy) is 3. The molecule has 0 aliphatic carbocycles. The van der Waals surface area contributed by atoms with Gasteiger partial charge in [0.25, 0.3) is 0 Å². The van der Waals surface area contributed by atoms with Crippen molar-refractivity contribution in [3.8, 4) is 0 Å². The lowest BCUT2D eigenvalue weighted by molar-refractivity contribution is -0.153. The van der Waals surface area contributed by atoms with Gasteiger partial charge in [0.15, 0.2) is 6.10 Å². The Kier molecular flexibility index (Phi) is 10.3. The number of benzene rings is 1. The molecule has 0 amide bonds. The van der Waals surface area contributed by atoms with Crippen LogP contribution in [0.15, 0.2) is 30.3 Å². The van der Waals surface area contributed by atoms with E-state index in [0.717, 1.165) is 5.56 Å². The van der Waals surface area contributed by atoms with E-state index in [-0.39, 0.29) is 32.0 Å². The van der Waals surface area contributed by atoms with Gasteiger partial charge in [-0.05, 0) is 19.4 Å². The summed E-state index contributed by atoms with van der Waals surface area (Å²) in [5, 5.41) is 18.5. The molecule has 4 atom stereocenters. The highest BCUT2D eigenvalue weighted by molar-refractivity contribution is 5.72. The molecule has 7 nitrogen and oxygen atoms in total. The molecule has 0 heterocycles. The van der Waals surface area contributed by atoms with Crippen molar-refractivity contribution in [1.82, 2.24) is 0 Å². The normalized spacial score (nSPS) is 16.2. The summed E-state index contributed by atoms with van der Waals surface area (Å²) < 4.78 is 16.5. The topological polar surface area (TPSA) is 111 Å². The molecule has 1 rings (SSSR count). The predicted octanol–water partition coefficient (Wildman–Crippen LogP) is 0.829. The van der Waals surface area contributed by atoms with E-state index in [9.17, 15) is 15.0 Å². The zero-order valence-electron chi connectivity index (χ0n) is 14.8. The van der Waals surface area contributed by atoms with E-state index in [2.05, 4.69) is 0 Å². The first-order valence-corrected chi connectivity index (χ1v) is 8.40. The van der Waals surface area contributed by atoms with Crippen molar-refractivity contribution in [1.29, 1.82) is 0 Å². The molecule has 0 aliphatic rings. The number of carboxylic acid groups (broad SMARTS) is 1. The lowest BCUT2D eigenvalue weighted by Crippen LogP contribution is -2.34. The SMILES string of the molecule is C[C@H](N)COC(CO)CO[C@@H](C)COC(Cc1ccccc1)C(=O)O. The zero-order chi connectivity index (χ0) is 18.7. The van der Waals surface area contributed by atoms with Gasteiger partial charge in [0.2, 0.25) is 0 Å².